The van der Waals surface area contributed by atoms with Crippen LogP contribution in [0.4, 0.5) is 40.8 Å². The highest BCUT2D eigenvalue weighted by Gasteiger charge is 2.45. The summed E-state index contributed by atoms with van der Waals surface area (Å²) < 4.78 is 122. The van der Waals surface area contributed by atoms with E-state index in [1.165, 1.54) is 76.8 Å². The Bertz CT molecular complexity index is 3160. The molecule has 7 aromatic rings. The number of hydrogen-bond donors (Lipinski definition) is 2. The predicted molar refractivity (Wildman–Crippen MR) is 263 cm³/mol. The van der Waals surface area contributed by atoms with Crippen LogP contribution in [0.1, 0.15) is 39.6 Å². The Hall–Kier alpha value is -7.06. The number of amides is 2. The number of carbonyl (C=O) groups excluding carboxylic acids is 3. The molecule has 0 saturated heterocycles. The summed E-state index contributed by atoms with van der Waals surface area (Å²) in [5.41, 5.74) is -2.30. The van der Waals surface area contributed by atoms with Gasteiger partial charge in [0.05, 0.1) is 58.4 Å². The van der Waals surface area contributed by atoms with Crippen LogP contribution in [-0.4, -0.2) is 101 Å². The van der Waals surface area contributed by atoms with Crippen molar-refractivity contribution >= 4 is 75.3 Å². The molecule has 0 bridgehead atoms. The third-order valence-electron chi connectivity index (χ3n) is 9.79. The highest BCUT2D eigenvalue weighted by atomic mass is 35.5. The van der Waals surface area contributed by atoms with Crippen LogP contribution in [-0.2, 0) is 20.6 Å². The van der Waals surface area contributed by atoms with Gasteiger partial charge in [0.25, 0.3) is 17.6 Å². The van der Waals surface area contributed by atoms with Crippen molar-refractivity contribution in [3.8, 4) is 39.5 Å². The fourth-order valence-corrected chi connectivity index (χ4v) is 7.30. The van der Waals surface area contributed by atoms with Crippen molar-refractivity contribution < 1.29 is 68.2 Å². The van der Waals surface area contributed by atoms with Gasteiger partial charge in [-0.25, -0.2) is 23.6 Å². The Morgan fingerprint density at radius 1 is 0.720 bits per heavy atom. The van der Waals surface area contributed by atoms with Gasteiger partial charge in [-0.05, 0) is 60.7 Å². The molecule has 16 nitrogen and oxygen atoms in total. The zero-order valence-electron chi connectivity index (χ0n) is 38.8. The number of aromatic nitrogens is 4. The summed E-state index contributed by atoms with van der Waals surface area (Å²) in [4.78, 5) is 48.8. The Labute approximate surface area is 441 Å². The average Bonchev–Trinajstić information content (AvgIpc) is 4.10. The van der Waals surface area contributed by atoms with Gasteiger partial charge in [-0.3, -0.25) is 29.9 Å². The van der Waals surface area contributed by atoms with E-state index >= 15 is 0 Å². The van der Waals surface area contributed by atoms with Gasteiger partial charge in [-0.2, -0.15) is 31.4 Å². The van der Waals surface area contributed by atoms with E-state index in [4.69, 9.17) is 71.0 Å². The average molecular weight is 1140 g/mol. The van der Waals surface area contributed by atoms with Gasteiger partial charge in [-0.1, -0.05) is 88.4 Å². The molecule has 3 N–H and O–H groups in total. The number of nitrogens with one attached hydrogen (secondary N) is 1. The lowest BCUT2D eigenvalue weighted by atomic mass is 9.99. The molecule has 0 aliphatic heterocycles. The number of nitrogen functional groups attached to an aromatic ring is 1. The zero-order valence-corrected chi connectivity index (χ0v) is 41.9. The van der Waals surface area contributed by atoms with Crippen LogP contribution in [0.15, 0.2) is 106 Å². The van der Waals surface area contributed by atoms with E-state index in [9.17, 15) is 49.5 Å². The normalized spacial score (nSPS) is 11.4. The number of nitrogens with two attached hydrogens (primary N) is 1. The van der Waals surface area contributed by atoms with Crippen molar-refractivity contribution in [2.75, 3.05) is 47.8 Å². The third kappa shape index (κ3) is 14.0. The van der Waals surface area contributed by atoms with Gasteiger partial charge < -0.3 is 19.4 Å². The number of anilines is 1. The number of allylic oxidation sites excluding steroid dienone is 1. The number of benzene rings is 4. The topological polar surface area (TPSA) is 187 Å². The van der Waals surface area contributed by atoms with E-state index in [1.54, 1.807) is 12.1 Å². The second kappa shape index (κ2) is 25.5. The van der Waals surface area contributed by atoms with Crippen LogP contribution in [0.25, 0.3) is 45.1 Å². The monoisotopic (exact) mass is 1140 g/mol. The van der Waals surface area contributed by atoms with Crippen LogP contribution < -0.4 is 11.3 Å². The standard InChI is InChI=1S/C22H14Cl2F4N4O3.C18H16ClF4N3O4.C6H7ClN2.CH4/c1-31(34-2)21(33)17-18(16-14(24)7-4-8-15(16)25)30-35-19(17)13-10-29-32(20(13)22(26,27)28)12-6-3-5-11(23)9-12;1-25(2)8-9(16(27)18(21,22)23)15-13(17(28)26(3)29-4)14(24-30-15)12-10(19)6-5-7-11(12)20;7-5-2-1-3-6(4-5)9-8;/h3-10H,1-2H3;5-8H,1-4H3;1-4,9H,8H2;1H4/b;9-8+;;. The van der Waals surface area contributed by atoms with E-state index < -0.39 is 92.5 Å². The lowest BCUT2D eigenvalue weighted by Gasteiger charge is -2.16. The Morgan fingerprint density at radius 3 is 1.67 bits per heavy atom. The minimum absolute atomic E-state index is 0. The molecule has 0 fully saturated rings. The molecule has 0 unspecified atom stereocenters. The van der Waals surface area contributed by atoms with Crippen molar-refractivity contribution in [3.63, 3.8) is 0 Å². The summed E-state index contributed by atoms with van der Waals surface area (Å²) in [6.07, 6.45) is -8.56. The summed E-state index contributed by atoms with van der Waals surface area (Å²) in [7, 11) is 7.38. The molecule has 2 amide bonds. The maximum Gasteiger partial charge on any atom is 0.455 e. The molecule has 7 rings (SSSR count). The fraction of sp³-hybridized carbons (Fsp3) is 0.191. The molecule has 28 heteroatoms. The molecule has 0 radical (unpaired) electrons. The first kappa shape index (κ1) is 60.5. The first-order valence-corrected chi connectivity index (χ1v) is 21.9. The van der Waals surface area contributed by atoms with E-state index in [0.717, 1.165) is 54.3 Å². The molecule has 0 spiro atoms. The number of carbonyl (C=O) groups is 3. The second-order valence-corrected chi connectivity index (χ2v) is 16.6. The molecule has 75 heavy (non-hydrogen) atoms. The Kier molecular flexibility index (Phi) is 20.5. The number of halogens is 12. The minimum atomic E-state index is -5.28. The summed E-state index contributed by atoms with van der Waals surface area (Å²) in [5.74, 6) is -2.35. The van der Waals surface area contributed by atoms with E-state index in [-0.39, 0.29) is 39.3 Å². The minimum Gasteiger partial charge on any atom is -0.383 e. The molecule has 0 aliphatic carbocycles. The van der Waals surface area contributed by atoms with E-state index in [0.29, 0.717) is 14.8 Å². The van der Waals surface area contributed by atoms with Crippen molar-refractivity contribution in [3.05, 3.63) is 152 Å². The summed E-state index contributed by atoms with van der Waals surface area (Å²) in [5, 5.41) is 13.1. The van der Waals surface area contributed by atoms with Gasteiger partial charge in [0.15, 0.2) is 17.2 Å². The molecule has 0 aliphatic rings. The van der Waals surface area contributed by atoms with Crippen molar-refractivity contribution in [2.24, 2.45) is 5.84 Å². The number of hydrazine groups is 1. The molecule has 3 heterocycles. The van der Waals surface area contributed by atoms with E-state index in [2.05, 4.69) is 20.8 Å². The first-order valence-electron chi connectivity index (χ1n) is 20.4. The molecule has 400 valence electrons. The number of nitrogens with zero attached hydrogens (tertiary/aromatic N) is 7. The highest BCUT2D eigenvalue weighted by molar-refractivity contribution is 6.34. The molecular formula is C47H41Cl4F8N9O7. The number of rotatable bonds is 12. The lowest BCUT2D eigenvalue weighted by Crippen LogP contribution is -2.29. The third-order valence-corrected chi connectivity index (χ3v) is 10.9. The van der Waals surface area contributed by atoms with Gasteiger partial charge in [0.1, 0.15) is 34.1 Å². The van der Waals surface area contributed by atoms with Gasteiger partial charge in [0.2, 0.25) is 0 Å². The highest BCUT2D eigenvalue weighted by Crippen LogP contribution is 2.44. The van der Waals surface area contributed by atoms with Crippen molar-refractivity contribution in [1.29, 1.82) is 0 Å². The fourth-order valence-electron chi connectivity index (χ4n) is 6.42. The van der Waals surface area contributed by atoms with Gasteiger partial charge in [-0.15, -0.1) is 0 Å². The molecular weight excluding hydrogens is 1100 g/mol. The zero-order chi connectivity index (χ0) is 55.0. The van der Waals surface area contributed by atoms with Crippen LogP contribution in [0.3, 0.4) is 0 Å². The Morgan fingerprint density at radius 2 is 1.21 bits per heavy atom. The maximum atomic E-state index is 14.7. The molecule has 4 aromatic carbocycles. The number of alkyl halides is 6. The number of hydroxylamine groups is 4. The summed E-state index contributed by atoms with van der Waals surface area (Å²) in [6, 6.07) is 20.1. The number of ketones is 1. The van der Waals surface area contributed by atoms with Crippen LogP contribution in [0, 0.1) is 11.6 Å². The predicted octanol–water partition coefficient (Wildman–Crippen LogP) is 12.4. The van der Waals surface area contributed by atoms with Crippen molar-refractivity contribution in [2.45, 2.75) is 19.8 Å². The van der Waals surface area contributed by atoms with Gasteiger partial charge >= 0.3 is 12.4 Å². The van der Waals surface area contributed by atoms with Gasteiger partial charge in [0, 0.05) is 50.1 Å². The largest absolute Gasteiger partial charge is 0.455 e. The number of hydrogen-bond acceptors (Lipinski definition) is 13. The molecule has 0 atom stereocenters. The van der Waals surface area contributed by atoms with Crippen LogP contribution in [0.5, 0.6) is 0 Å². The molecule has 3 aromatic heterocycles. The SMILES string of the molecule is C.CON(C)C(=O)c1c(-c2c(F)cccc2Cl)noc1-c1cnn(-c2cccc(Cl)c2)c1C(F)(F)F.CON(C)C(=O)c1c(-c2c(F)cccc2Cl)noc1/C(=C\N(C)C)C(=O)C(F)(F)F.NNc1cccc(Cl)c1. The van der Waals surface area contributed by atoms with Crippen molar-refractivity contribution in [1.82, 2.24) is 35.1 Å². The van der Waals surface area contributed by atoms with Crippen LogP contribution >= 0.6 is 46.4 Å². The smallest absolute Gasteiger partial charge is 0.383 e. The summed E-state index contributed by atoms with van der Waals surface area (Å²) in [6.45, 7) is 0. The van der Waals surface area contributed by atoms with E-state index in [1.807, 2.05) is 12.1 Å². The first-order chi connectivity index (χ1) is 34.8. The lowest BCUT2D eigenvalue weighted by molar-refractivity contribution is -0.164. The number of Topliss-reactive ketones (excluding diaryl/α,β-unsaturated/α-hetero) is 1. The van der Waals surface area contributed by atoms with Crippen LogP contribution in [0.2, 0.25) is 20.1 Å². The maximum absolute atomic E-state index is 14.7. The second-order valence-electron chi connectivity index (χ2n) is 14.9. The quantitative estimate of drug-likeness (QED) is 0.0510. The summed E-state index contributed by atoms with van der Waals surface area (Å²) >= 11 is 23.7. The Balaban J connectivity index is 0.000000277. The molecule has 0 saturated carbocycles.